The Labute approximate surface area is 154 Å². The van der Waals surface area contributed by atoms with Crippen molar-refractivity contribution in [3.8, 4) is 0 Å². The molecule has 0 spiro atoms. The van der Waals surface area contributed by atoms with Gasteiger partial charge >= 0.3 is 0 Å². The van der Waals surface area contributed by atoms with Crippen LogP contribution in [0.4, 0.5) is 0 Å². The van der Waals surface area contributed by atoms with E-state index in [1.807, 2.05) is 20.8 Å². The van der Waals surface area contributed by atoms with Crippen LogP contribution in [0, 0.1) is 0 Å². The predicted molar refractivity (Wildman–Crippen MR) is 99.3 cm³/mol. The van der Waals surface area contributed by atoms with Crippen LogP contribution >= 0.6 is 23.2 Å². The molecule has 1 aromatic rings. The number of hydrogen-bond acceptors (Lipinski definition) is 2. The second kappa shape index (κ2) is 9.90. The molecular weight excluding hydrogens is 347 g/mol. The number of rotatable bonds is 8. The molecule has 6 heteroatoms. The molecule has 0 aliphatic rings. The molecule has 1 N–H and O–H groups in total. The van der Waals surface area contributed by atoms with Gasteiger partial charge in [0.2, 0.25) is 11.8 Å². The molecule has 0 aromatic heterocycles. The Hall–Kier alpha value is -1.26. The third kappa shape index (κ3) is 5.38. The molecule has 0 saturated carbocycles. The summed E-state index contributed by atoms with van der Waals surface area (Å²) in [5.74, 6) is -0.242. The van der Waals surface area contributed by atoms with Crippen LogP contribution in [0.25, 0.3) is 0 Å². The molecule has 0 saturated heterocycles. The molecule has 24 heavy (non-hydrogen) atoms. The van der Waals surface area contributed by atoms with Crippen LogP contribution in [0.5, 0.6) is 0 Å². The molecule has 1 rings (SSSR count). The summed E-state index contributed by atoms with van der Waals surface area (Å²) in [6.45, 7) is 7.84. The van der Waals surface area contributed by atoms with Crippen molar-refractivity contribution in [1.82, 2.24) is 10.2 Å². The molecule has 0 aliphatic heterocycles. The van der Waals surface area contributed by atoms with Crippen molar-refractivity contribution < 1.29 is 9.59 Å². The van der Waals surface area contributed by atoms with Gasteiger partial charge in [-0.25, -0.2) is 0 Å². The van der Waals surface area contributed by atoms with E-state index in [4.69, 9.17) is 23.2 Å². The smallest absolute Gasteiger partial charge is 0.243 e. The Kier molecular flexibility index (Phi) is 8.57. The summed E-state index contributed by atoms with van der Waals surface area (Å²) in [7, 11) is 0. The van der Waals surface area contributed by atoms with Gasteiger partial charge in [-0.15, -0.1) is 0 Å². The Morgan fingerprint density at radius 1 is 1.12 bits per heavy atom. The molecule has 0 fully saturated rings. The first-order valence-corrected chi connectivity index (χ1v) is 9.13. The molecule has 0 radical (unpaired) electrons. The summed E-state index contributed by atoms with van der Waals surface area (Å²) in [6, 6.07) is 4.75. The maximum atomic E-state index is 12.6. The standard InChI is InChI=1S/C18H26Cl2N2O2/c1-5-12(4)21-18(24)16(6-2)22(17(23)7-3)11-13-14(19)9-8-10-15(13)20/h8-10,12,16H,5-7,11H2,1-4H3,(H,21,24). The molecule has 2 atom stereocenters. The van der Waals surface area contributed by atoms with Crippen molar-refractivity contribution in [2.45, 2.75) is 65.6 Å². The van der Waals surface area contributed by atoms with Gasteiger partial charge < -0.3 is 10.2 Å². The van der Waals surface area contributed by atoms with Gasteiger partial charge in [0.15, 0.2) is 0 Å². The van der Waals surface area contributed by atoms with Gasteiger partial charge in [-0.3, -0.25) is 9.59 Å². The average Bonchev–Trinajstić information content (AvgIpc) is 2.56. The lowest BCUT2D eigenvalue weighted by Crippen LogP contribution is -2.50. The zero-order chi connectivity index (χ0) is 18.3. The van der Waals surface area contributed by atoms with Crippen molar-refractivity contribution in [2.75, 3.05) is 0 Å². The average molecular weight is 373 g/mol. The quantitative estimate of drug-likeness (QED) is 0.733. The van der Waals surface area contributed by atoms with Gasteiger partial charge in [0.05, 0.1) is 0 Å². The predicted octanol–water partition coefficient (Wildman–Crippen LogP) is 4.43. The first kappa shape index (κ1) is 20.8. The van der Waals surface area contributed by atoms with Crippen LogP contribution in [-0.4, -0.2) is 28.8 Å². The molecule has 2 amide bonds. The van der Waals surface area contributed by atoms with Crippen LogP contribution < -0.4 is 5.32 Å². The third-order valence-electron chi connectivity index (χ3n) is 4.08. The fraction of sp³-hybridized carbons (Fsp3) is 0.556. The minimum Gasteiger partial charge on any atom is -0.352 e. The number of hydrogen-bond donors (Lipinski definition) is 1. The molecule has 0 heterocycles. The van der Waals surface area contributed by atoms with Crippen molar-refractivity contribution in [3.05, 3.63) is 33.8 Å². The third-order valence-corrected chi connectivity index (χ3v) is 4.79. The topological polar surface area (TPSA) is 49.4 Å². The van der Waals surface area contributed by atoms with Crippen molar-refractivity contribution in [3.63, 3.8) is 0 Å². The highest BCUT2D eigenvalue weighted by Gasteiger charge is 2.29. The lowest BCUT2D eigenvalue weighted by atomic mass is 10.1. The summed E-state index contributed by atoms with van der Waals surface area (Å²) in [6.07, 6.45) is 1.67. The summed E-state index contributed by atoms with van der Waals surface area (Å²) >= 11 is 12.5. The van der Waals surface area contributed by atoms with E-state index in [-0.39, 0.29) is 24.4 Å². The maximum absolute atomic E-state index is 12.6. The summed E-state index contributed by atoms with van der Waals surface area (Å²) < 4.78 is 0. The minimum absolute atomic E-state index is 0.0639. The maximum Gasteiger partial charge on any atom is 0.243 e. The van der Waals surface area contributed by atoms with E-state index < -0.39 is 6.04 Å². The highest BCUT2D eigenvalue weighted by atomic mass is 35.5. The zero-order valence-corrected chi connectivity index (χ0v) is 16.2. The Bertz CT molecular complexity index is 558. The first-order chi connectivity index (χ1) is 11.3. The summed E-state index contributed by atoms with van der Waals surface area (Å²) in [5, 5.41) is 3.94. The van der Waals surface area contributed by atoms with E-state index in [2.05, 4.69) is 5.32 Å². The number of carbonyl (C=O) groups excluding carboxylic acids is 2. The van der Waals surface area contributed by atoms with Gasteiger partial charge in [-0.1, -0.05) is 50.0 Å². The van der Waals surface area contributed by atoms with Crippen LogP contribution in [0.3, 0.4) is 0 Å². The van der Waals surface area contributed by atoms with Gasteiger partial charge in [-0.2, -0.15) is 0 Å². The van der Waals surface area contributed by atoms with E-state index in [1.54, 1.807) is 30.0 Å². The van der Waals surface area contributed by atoms with Crippen molar-refractivity contribution in [2.24, 2.45) is 0 Å². The van der Waals surface area contributed by atoms with E-state index in [1.165, 1.54) is 0 Å². The molecule has 2 unspecified atom stereocenters. The zero-order valence-electron chi connectivity index (χ0n) is 14.7. The number of benzene rings is 1. The number of nitrogens with one attached hydrogen (secondary N) is 1. The van der Waals surface area contributed by atoms with E-state index >= 15 is 0 Å². The van der Waals surface area contributed by atoms with Crippen LogP contribution in [0.2, 0.25) is 10.0 Å². The number of nitrogens with zero attached hydrogens (tertiary/aromatic N) is 1. The van der Waals surface area contributed by atoms with Gasteiger partial charge in [-0.05, 0) is 31.9 Å². The van der Waals surface area contributed by atoms with E-state index in [9.17, 15) is 9.59 Å². The fourth-order valence-corrected chi connectivity index (χ4v) is 2.93. The van der Waals surface area contributed by atoms with Crippen molar-refractivity contribution in [1.29, 1.82) is 0 Å². The Morgan fingerprint density at radius 2 is 1.71 bits per heavy atom. The van der Waals surface area contributed by atoms with Crippen LogP contribution in [0.1, 0.15) is 52.5 Å². The second-order valence-electron chi connectivity index (χ2n) is 5.82. The fourth-order valence-electron chi connectivity index (χ4n) is 2.42. The normalized spacial score (nSPS) is 13.2. The van der Waals surface area contributed by atoms with Crippen LogP contribution in [-0.2, 0) is 16.1 Å². The van der Waals surface area contributed by atoms with Gasteiger partial charge in [0.25, 0.3) is 0 Å². The largest absolute Gasteiger partial charge is 0.352 e. The number of amides is 2. The second-order valence-corrected chi connectivity index (χ2v) is 6.63. The highest BCUT2D eigenvalue weighted by molar-refractivity contribution is 6.36. The monoisotopic (exact) mass is 372 g/mol. The lowest BCUT2D eigenvalue weighted by Gasteiger charge is -2.31. The molecule has 4 nitrogen and oxygen atoms in total. The summed E-state index contributed by atoms with van der Waals surface area (Å²) in [4.78, 5) is 26.6. The van der Waals surface area contributed by atoms with E-state index in [0.29, 0.717) is 28.5 Å². The first-order valence-electron chi connectivity index (χ1n) is 8.38. The Morgan fingerprint density at radius 3 is 2.17 bits per heavy atom. The summed E-state index contributed by atoms with van der Waals surface area (Å²) in [5.41, 5.74) is 0.664. The lowest BCUT2D eigenvalue weighted by molar-refractivity contribution is -0.141. The number of carbonyl (C=O) groups is 2. The van der Waals surface area contributed by atoms with E-state index in [0.717, 1.165) is 6.42 Å². The van der Waals surface area contributed by atoms with Crippen molar-refractivity contribution >= 4 is 35.0 Å². The highest BCUT2D eigenvalue weighted by Crippen LogP contribution is 2.27. The molecule has 1 aromatic carbocycles. The SMILES string of the molecule is CCC(=O)N(Cc1c(Cl)cccc1Cl)C(CC)C(=O)NC(C)CC. The Balaban J connectivity index is 3.10. The molecule has 0 aliphatic carbocycles. The molecular formula is C18H26Cl2N2O2. The van der Waals surface area contributed by atoms with Crippen LogP contribution in [0.15, 0.2) is 18.2 Å². The molecule has 134 valence electrons. The number of halogens is 2. The minimum atomic E-state index is -0.543. The van der Waals surface area contributed by atoms with Gasteiger partial charge in [0, 0.05) is 34.6 Å². The van der Waals surface area contributed by atoms with Gasteiger partial charge in [0.1, 0.15) is 6.04 Å². The molecule has 0 bridgehead atoms.